The Bertz CT molecular complexity index is 2580. The Balaban J connectivity index is 0.00000117. The number of hydrogen-bond acceptors (Lipinski definition) is 4. The summed E-state index contributed by atoms with van der Waals surface area (Å²) in [4.78, 5) is 15.2. The van der Waals surface area contributed by atoms with Gasteiger partial charge >= 0.3 is 0 Å². The van der Waals surface area contributed by atoms with Crippen molar-refractivity contribution < 1.29 is 4.74 Å². The Morgan fingerprint density at radius 2 is 1.09 bits per heavy atom. The minimum atomic E-state index is -0.543. The van der Waals surface area contributed by atoms with Crippen LogP contribution in [0.25, 0.3) is 50.9 Å². The van der Waals surface area contributed by atoms with Gasteiger partial charge in [-0.1, -0.05) is 147 Å². The molecule has 1 unspecified atom stereocenters. The molecule has 1 heterocycles. The van der Waals surface area contributed by atoms with Crippen molar-refractivity contribution in [2.45, 2.75) is 47.0 Å². The van der Waals surface area contributed by atoms with Gasteiger partial charge in [-0.05, 0) is 102 Å². The third-order valence-corrected chi connectivity index (χ3v) is 10.7. The maximum atomic E-state index is 6.71. The van der Waals surface area contributed by atoms with Crippen molar-refractivity contribution in [3.8, 4) is 69.6 Å². The summed E-state index contributed by atoms with van der Waals surface area (Å²) in [7, 11) is 0. The van der Waals surface area contributed by atoms with Crippen molar-refractivity contribution in [3.63, 3.8) is 0 Å². The molecule has 6 aromatic carbocycles. The standard InChI is InChI=1S/C48H37N3O.C2H6.C2H2/c1-5-16-36-32(4)48(40-23-14-13-22-37(36)40)41-29-35(47-50-45(33-18-8-6-9-19-33)49-46(51-47)34-20-10-7-11-21-34)25-26-38(41)39-27-28-43(31(3)44(39)48)52-42-24-15-12-17-30(42)2;2*1-2/h5-29H,1-4H3;1-2H3;1-2H/b16-5-;;. The number of ether oxygens (including phenoxy) is 1. The van der Waals surface area contributed by atoms with Crippen molar-refractivity contribution in [1.82, 2.24) is 15.0 Å². The lowest BCUT2D eigenvalue weighted by Crippen LogP contribution is -2.27. The number of aromatic nitrogens is 3. The Morgan fingerprint density at radius 1 is 0.536 bits per heavy atom. The monoisotopic (exact) mass is 727 g/mol. The molecular weight excluding hydrogens is 683 g/mol. The van der Waals surface area contributed by atoms with E-state index in [1.54, 1.807) is 0 Å². The van der Waals surface area contributed by atoms with Crippen LogP contribution in [0.5, 0.6) is 11.5 Å². The Kier molecular flexibility index (Phi) is 10.6. The Labute approximate surface area is 331 Å². The van der Waals surface area contributed by atoms with Gasteiger partial charge in [0.2, 0.25) is 0 Å². The number of fused-ring (bicyclic) bond motifs is 7. The molecule has 274 valence electrons. The lowest BCUT2D eigenvalue weighted by molar-refractivity contribution is 0.473. The first-order valence-electron chi connectivity index (χ1n) is 19.2. The summed E-state index contributed by atoms with van der Waals surface area (Å²) in [5, 5.41) is 0. The fourth-order valence-electron chi connectivity index (χ4n) is 8.30. The van der Waals surface area contributed by atoms with Crippen LogP contribution >= 0.6 is 0 Å². The van der Waals surface area contributed by atoms with E-state index in [0.717, 1.165) is 39.3 Å². The molecule has 0 radical (unpaired) electrons. The minimum Gasteiger partial charge on any atom is -0.457 e. The number of aryl methyl sites for hydroxylation is 1. The van der Waals surface area contributed by atoms with Crippen LogP contribution in [0.15, 0.2) is 157 Å². The zero-order valence-electron chi connectivity index (χ0n) is 32.8. The highest BCUT2D eigenvalue weighted by atomic mass is 16.5. The topological polar surface area (TPSA) is 47.9 Å². The average Bonchev–Trinajstić information content (AvgIpc) is 3.70. The van der Waals surface area contributed by atoms with E-state index in [-0.39, 0.29) is 0 Å². The first-order chi connectivity index (χ1) is 27.5. The van der Waals surface area contributed by atoms with Crippen LogP contribution in [0.4, 0.5) is 0 Å². The molecule has 1 spiro atoms. The largest absolute Gasteiger partial charge is 0.457 e. The normalized spacial score (nSPS) is 14.6. The van der Waals surface area contributed by atoms with E-state index in [4.69, 9.17) is 19.7 Å². The van der Waals surface area contributed by atoms with Crippen LogP contribution in [-0.4, -0.2) is 15.0 Å². The van der Waals surface area contributed by atoms with Gasteiger partial charge in [0.05, 0.1) is 5.41 Å². The second-order valence-electron chi connectivity index (χ2n) is 13.6. The molecule has 0 saturated carbocycles. The number of rotatable bonds is 6. The summed E-state index contributed by atoms with van der Waals surface area (Å²) in [5.41, 5.74) is 14.5. The summed E-state index contributed by atoms with van der Waals surface area (Å²) >= 11 is 0. The van der Waals surface area contributed by atoms with E-state index in [1.165, 1.54) is 44.5 Å². The highest BCUT2D eigenvalue weighted by Crippen LogP contribution is 2.63. The van der Waals surface area contributed by atoms with E-state index in [2.05, 4.69) is 113 Å². The van der Waals surface area contributed by atoms with Crippen LogP contribution in [0.1, 0.15) is 61.1 Å². The van der Waals surface area contributed by atoms with Gasteiger partial charge in [-0.25, -0.2) is 15.0 Å². The SMILES string of the molecule is C#C.C/C=C\C1=C(C)C2(c3ccccc31)c1cc(-c3nc(-c4ccccc4)nc(-c4ccccc4)n3)ccc1-c1ccc(Oc3ccccc3C)c(C)c12.CC. The quantitative estimate of drug-likeness (QED) is 0.160. The Hall–Kier alpha value is -6.83. The van der Waals surface area contributed by atoms with E-state index in [0.29, 0.717) is 17.5 Å². The summed E-state index contributed by atoms with van der Waals surface area (Å²) in [6, 6.07) is 48.5. The van der Waals surface area contributed by atoms with Crippen molar-refractivity contribution in [1.29, 1.82) is 0 Å². The first-order valence-corrected chi connectivity index (χ1v) is 19.2. The van der Waals surface area contributed by atoms with Crippen molar-refractivity contribution in [2.24, 2.45) is 0 Å². The number of benzene rings is 6. The zero-order valence-corrected chi connectivity index (χ0v) is 32.8. The zero-order chi connectivity index (χ0) is 39.4. The van der Waals surface area contributed by atoms with Gasteiger partial charge in [-0.3, -0.25) is 0 Å². The minimum absolute atomic E-state index is 0.543. The summed E-state index contributed by atoms with van der Waals surface area (Å²) in [6.07, 6.45) is 12.4. The molecule has 0 N–H and O–H groups in total. The summed E-state index contributed by atoms with van der Waals surface area (Å²) in [6.45, 7) is 12.7. The first kappa shape index (κ1) is 37.5. The van der Waals surface area contributed by atoms with Crippen LogP contribution in [0.3, 0.4) is 0 Å². The molecule has 1 aromatic heterocycles. The van der Waals surface area contributed by atoms with Crippen LogP contribution in [0, 0.1) is 26.7 Å². The second kappa shape index (κ2) is 15.9. The molecule has 0 fully saturated rings. The smallest absolute Gasteiger partial charge is 0.164 e. The van der Waals surface area contributed by atoms with Crippen molar-refractivity contribution in [3.05, 3.63) is 191 Å². The molecule has 2 aliphatic rings. The lowest BCUT2D eigenvalue weighted by atomic mass is 9.68. The van der Waals surface area contributed by atoms with Crippen molar-refractivity contribution >= 4 is 5.57 Å². The molecule has 0 amide bonds. The molecule has 1 atom stereocenters. The maximum absolute atomic E-state index is 6.71. The van der Waals surface area contributed by atoms with Gasteiger partial charge < -0.3 is 4.74 Å². The summed E-state index contributed by atoms with van der Waals surface area (Å²) < 4.78 is 6.71. The second-order valence-corrected chi connectivity index (χ2v) is 13.6. The van der Waals surface area contributed by atoms with Crippen molar-refractivity contribution in [2.75, 3.05) is 0 Å². The third-order valence-electron chi connectivity index (χ3n) is 10.7. The van der Waals surface area contributed by atoms with Gasteiger partial charge in [0.25, 0.3) is 0 Å². The molecule has 4 nitrogen and oxygen atoms in total. The van der Waals surface area contributed by atoms with Gasteiger partial charge in [0.15, 0.2) is 17.5 Å². The van der Waals surface area contributed by atoms with Crippen LogP contribution in [-0.2, 0) is 5.41 Å². The van der Waals surface area contributed by atoms with Gasteiger partial charge in [0, 0.05) is 16.7 Å². The van der Waals surface area contributed by atoms with E-state index < -0.39 is 5.41 Å². The highest BCUT2D eigenvalue weighted by molar-refractivity contribution is 5.98. The number of allylic oxidation sites excluding steroid dienone is 4. The maximum Gasteiger partial charge on any atom is 0.164 e. The molecule has 0 aliphatic heterocycles. The molecule has 2 aliphatic carbocycles. The number of nitrogens with zero attached hydrogens (tertiary/aromatic N) is 3. The highest BCUT2D eigenvalue weighted by Gasteiger charge is 2.52. The number of para-hydroxylation sites is 1. The predicted molar refractivity (Wildman–Crippen MR) is 233 cm³/mol. The molecule has 0 saturated heterocycles. The predicted octanol–water partition coefficient (Wildman–Crippen LogP) is 13.2. The molecular formula is C52H45N3O. The van der Waals surface area contributed by atoms with Crippen LogP contribution < -0.4 is 4.74 Å². The van der Waals surface area contributed by atoms with E-state index in [9.17, 15) is 0 Å². The van der Waals surface area contributed by atoms with Gasteiger partial charge in [-0.15, -0.1) is 12.8 Å². The fourth-order valence-corrected chi connectivity index (χ4v) is 8.30. The number of hydrogen-bond donors (Lipinski definition) is 0. The molecule has 9 rings (SSSR count). The average molecular weight is 728 g/mol. The van der Waals surface area contributed by atoms with Gasteiger partial charge in [0.1, 0.15) is 11.5 Å². The third kappa shape index (κ3) is 6.12. The van der Waals surface area contributed by atoms with Crippen LogP contribution in [0.2, 0.25) is 0 Å². The molecule has 56 heavy (non-hydrogen) atoms. The molecule has 7 aromatic rings. The Morgan fingerprint density at radius 3 is 1.71 bits per heavy atom. The van der Waals surface area contributed by atoms with E-state index in [1.807, 2.05) is 92.7 Å². The number of terminal acetylenes is 1. The molecule has 0 bridgehead atoms. The molecule has 4 heteroatoms. The van der Waals surface area contributed by atoms with E-state index >= 15 is 0 Å². The fraction of sp³-hybridized carbons (Fsp3) is 0.135. The van der Waals surface area contributed by atoms with Gasteiger partial charge in [-0.2, -0.15) is 0 Å². The summed E-state index contributed by atoms with van der Waals surface area (Å²) in [5.74, 6) is 3.67. The lowest BCUT2D eigenvalue weighted by Gasteiger charge is -2.33.